The number of hydrogen-bond donors (Lipinski definition) is 0. The van der Waals surface area contributed by atoms with Crippen molar-refractivity contribution in [3.63, 3.8) is 0 Å². The zero-order chi connectivity index (χ0) is 23.2. The van der Waals surface area contributed by atoms with Gasteiger partial charge in [-0.3, -0.25) is 4.79 Å². The number of carbonyl (C=O) groups is 1. The summed E-state index contributed by atoms with van der Waals surface area (Å²) in [5, 5.41) is 9.13. The van der Waals surface area contributed by atoms with E-state index in [0.717, 1.165) is 22.6 Å². The lowest BCUT2D eigenvalue weighted by Gasteiger charge is -2.14. The van der Waals surface area contributed by atoms with Gasteiger partial charge in [0.15, 0.2) is 0 Å². The Morgan fingerprint density at radius 2 is 1.79 bits per heavy atom. The third-order valence-electron chi connectivity index (χ3n) is 4.89. The maximum absolute atomic E-state index is 12.5. The first-order chi connectivity index (χ1) is 16.0. The van der Waals surface area contributed by atoms with Crippen LogP contribution in [0.25, 0.3) is 11.3 Å². The number of hydrogen-bond acceptors (Lipinski definition) is 7. The van der Waals surface area contributed by atoms with Crippen molar-refractivity contribution < 1.29 is 18.4 Å². The molecule has 0 aliphatic heterocycles. The molecule has 1 amide bonds. The summed E-state index contributed by atoms with van der Waals surface area (Å²) in [6.07, 6.45) is 0.514. The first-order valence-electron chi connectivity index (χ1n) is 10.2. The Morgan fingerprint density at radius 3 is 2.52 bits per heavy atom. The van der Waals surface area contributed by atoms with Crippen LogP contribution in [0.5, 0.6) is 5.75 Å². The molecule has 2 aromatic carbocycles. The van der Waals surface area contributed by atoms with Gasteiger partial charge in [-0.15, -0.1) is 10.2 Å². The molecule has 0 radical (unpaired) electrons. The summed E-state index contributed by atoms with van der Waals surface area (Å²) < 4.78 is 16.7. The summed E-state index contributed by atoms with van der Waals surface area (Å²) in [5.74, 6) is 2.82. The second-order valence-electron chi connectivity index (χ2n) is 7.30. The summed E-state index contributed by atoms with van der Waals surface area (Å²) in [6.45, 7) is 0.361. The monoisotopic (exact) mass is 483 g/mol. The van der Waals surface area contributed by atoms with Gasteiger partial charge in [-0.1, -0.05) is 35.5 Å². The summed E-state index contributed by atoms with van der Waals surface area (Å²) >= 11 is 7.15. The van der Waals surface area contributed by atoms with E-state index in [1.54, 1.807) is 19.1 Å². The average molecular weight is 484 g/mol. The third kappa shape index (κ3) is 6.18. The van der Waals surface area contributed by atoms with Gasteiger partial charge >= 0.3 is 0 Å². The van der Waals surface area contributed by atoms with Crippen LogP contribution in [0.1, 0.15) is 17.2 Å². The fraction of sp³-hybridized carbons (Fsp3) is 0.208. The van der Waals surface area contributed by atoms with E-state index in [0.29, 0.717) is 34.9 Å². The van der Waals surface area contributed by atoms with E-state index in [1.165, 1.54) is 11.8 Å². The highest BCUT2D eigenvalue weighted by atomic mass is 35.5. The second kappa shape index (κ2) is 10.6. The minimum atomic E-state index is -0.0700. The van der Waals surface area contributed by atoms with Crippen molar-refractivity contribution in [3.05, 3.63) is 82.9 Å². The first kappa shape index (κ1) is 22.9. The van der Waals surface area contributed by atoms with Crippen LogP contribution < -0.4 is 4.74 Å². The smallest absolute Gasteiger partial charge is 0.277 e. The lowest BCUT2D eigenvalue weighted by Crippen LogP contribution is -2.27. The number of halogens is 1. The molecule has 0 spiro atoms. The normalized spacial score (nSPS) is 10.9. The van der Waals surface area contributed by atoms with Gasteiger partial charge in [0.25, 0.3) is 5.22 Å². The third-order valence-corrected chi connectivity index (χ3v) is 5.95. The van der Waals surface area contributed by atoms with Crippen LogP contribution >= 0.6 is 23.4 Å². The van der Waals surface area contributed by atoms with E-state index in [2.05, 4.69) is 10.2 Å². The van der Waals surface area contributed by atoms with Crippen molar-refractivity contribution in [3.8, 4) is 17.1 Å². The highest BCUT2D eigenvalue weighted by molar-refractivity contribution is 7.99. The van der Waals surface area contributed by atoms with Crippen molar-refractivity contribution in [1.29, 1.82) is 0 Å². The van der Waals surface area contributed by atoms with Gasteiger partial charge < -0.3 is 18.5 Å². The molecule has 2 aromatic heterocycles. The van der Waals surface area contributed by atoms with Crippen LogP contribution in [-0.2, 0) is 17.8 Å². The van der Waals surface area contributed by atoms with Gasteiger partial charge in [-0.25, -0.2) is 0 Å². The topological polar surface area (TPSA) is 81.6 Å². The molecule has 2 heterocycles. The second-order valence-corrected chi connectivity index (χ2v) is 8.66. The molecule has 0 N–H and O–H groups in total. The van der Waals surface area contributed by atoms with E-state index in [-0.39, 0.29) is 11.7 Å². The molecule has 0 bridgehead atoms. The Hall–Kier alpha value is -3.23. The quantitative estimate of drug-likeness (QED) is 0.297. The molecule has 0 aliphatic rings. The van der Waals surface area contributed by atoms with E-state index in [9.17, 15) is 4.79 Å². The minimum Gasteiger partial charge on any atom is -0.497 e. The lowest BCUT2D eigenvalue weighted by atomic mass is 10.1. The zero-order valence-corrected chi connectivity index (χ0v) is 19.7. The first-order valence-corrected chi connectivity index (χ1v) is 11.5. The van der Waals surface area contributed by atoms with E-state index in [1.807, 2.05) is 60.7 Å². The molecule has 0 saturated carbocycles. The molecule has 0 fully saturated rings. The summed E-state index contributed by atoms with van der Waals surface area (Å²) in [7, 11) is 3.36. The van der Waals surface area contributed by atoms with Crippen molar-refractivity contribution in [2.45, 2.75) is 18.2 Å². The fourth-order valence-corrected chi connectivity index (χ4v) is 3.92. The molecule has 0 aliphatic carbocycles. The summed E-state index contributed by atoms with van der Waals surface area (Å²) in [5.41, 5.74) is 1.96. The molecule has 4 aromatic rings. The van der Waals surface area contributed by atoms with Crippen LogP contribution in [0.3, 0.4) is 0 Å². The number of benzene rings is 2. The highest BCUT2D eigenvalue weighted by Crippen LogP contribution is 2.25. The molecule has 0 unspecified atom stereocenters. The molecular formula is C24H22ClN3O4S. The highest BCUT2D eigenvalue weighted by Gasteiger charge is 2.15. The molecule has 0 atom stereocenters. The van der Waals surface area contributed by atoms with Gasteiger partial charge in [-0.05, 0) is 54.1 Å². The zero-order valence-electron chi connectivity index (χ0n) is 18.2. The molecule has 0 saturated heterocycles. The van der Waals surface area contributed by atoms with E-state index in [4.69, 9.17) is 25.2 Å². The number of nitrogens with zero attached hydrogens (tertiary/aromatic N) is 3. The maximum Gasteiger partial charge on any atom is 0.277 e. The predicted molar refractivity (Wildman–Crippen MR) is 126 cm³/mol. The van der Waals surface area contributed by atoms with Crippen molar-refractivity contribution >= 4 is 29.3 Å². The van der Waals surface area contributed by atoms with Crippen molar-refractivity contribution in [1.82, 2.24) is 15.1 Å². The number of furan rings is 1. The Morgan fingerprint density at radius 1 is 1.03 bits per heavy atom. The van der Waals surface area contributed by atoms with Gasteiger partial charge in [0.05, 0.1) is 25.8 Å². The number of carbonyl (C=O) groups excluding carboxylic acids is 1. The van der Waals surface area contributed by atoms with E-state index < -0.39 is 0 Å². The number of methoxy groups -OCH3 is 1. The lowest BCUT2D eigenvalue weighted by molar-refractivity contribution is -0.127. The number of amides is 1. The fourth-order valence-electron chi connectivity index (χ4n) is 3.07. The van der Waals surface area contributed by atoms with Crippen LogP contribution in [0.2, 0.25) is 5.02 Å². The molecule has 9 heteroatoms. The van der Waals surface area contributed by atoms with Crippen LogP contribution in [0.4, 0.5) is 0 Å². The summed E-state index contributed by atoms with van der Waals surface area (Å²) in [4.78, 5) is 14.1. The van der Waals surface area contributed by atoms with Gasteiger partial charge in [0, 0.05) is 17.6 Å². The largest absolute Gasteiger partial charge is 0.497 e. The molecule has 4 rings (SSSR count). The SMILES string of the molecule is COc1ccc(Cc2nnc(SCC(=O)N(C)Cc3ccc(-c4ccc(Cl)cc4)o3)o2)cc1. The average Bonchev–Trinajstić information content (AvgIpc) is 3.48. The Bertz CT molecular complexity index is 1210. The molecular weight excluding hydrogens is 462 g/mol. The molecule has 170 valence electrons. The van der Waals surface area contributed by atoms with Gasteiger partial charge in [-0.2, -0.15) is 0 Å². The maximum atomic E-state index is 12.5. The Kier molecular flexibility index (Phi) is 7.36. The van der Waals surface area contributed by atoms with Crippen molar-refractivity contribution in [2.75, 3.05) is 19.9 Å². The molecule has 33 heavy (non-hydrogen) atoms. The van der Waals surface area contributed by atoms with Crippen LogP contribution in [0, 0.1) is 0 Å². The number of ether oxygens (including phenoxy) is 1. The van der Waals surface area contributed by atoms with Crippen LogP contribution in [0.15, 0.2) is 74.7 Å². The standard InChI is InChI=1S/C24H22ClN3O4S/c1-28(14-20-11-12-21(31-20)17-5-7-18(25)8-6-17)23(29)15-33-24-27-26-22(32-24)13-16-3-9-19(30-2)10-4-16/h3-12H,13-15H2,1-2H3. The Labute approximate surface area is 200 Å². The minimum absolute atomic E-state index is 0.0700. The Balaban J connectivity index is 1.27. The molecule has 7 nitrogen and oxygen atoms in total. The van der Waals surface area contributed by atoms with Gasteiger partial charge in [0.2, 0.25) is 11.8 Å². The number of rotatable bonds is 9. The van der Waals surface area contributed by atoms with Gasteiger partial charge in [0.1, 0.15) is 17.3 Å². The number of thioether (sulfide) groups is 1. The predicted octanol–water partition coefficient (Wildman–Crippen LogP) is 5.33. The number of aromatic nitrogens is 2. The van der Waals surface area contributed by atoms with Crippen molar-refractivity contribution in [2.24, 2.45) is 0 Å². The summed E-state index contributed by atoms with van der Waals surface area (Å²) in [6, 6.07) is 18.8. The van der Waals surface area contributed by atoms with Crippen LogP contribution in [-0.4, -0.2) is 40.9 Å². The van der Waals surface area contributed by atoms with E-state index >= 15 is 0 Å².